The van der Waals surface area contributed by atoms with Crippen molar-refractivity contribution in [2.45, 2.75) is 36.7 Å². The van der Waals surface area contributed by atoms with Crippen LogP contribution in [-0.2, 0) is 4.74 Å². The van der Waals surface area contributed by atoms with E-state index in [0.717, 1.165) is 11.7 Å². The Morgan fingerprint density at radius 3 is 2.88 bits per heavy atom. The Balaban J connectivity index is 2.03. The predicted octanol–water partition coefficient (Wildman–Crippen LogP) is -1.27. The van der Waals surface area contributed by atoms with Crippen LogP contribution >= 0.6 is 11.8 Å². The lowest BCUT2D eigenvalue weighted by molar-refractivity contribution is -0.153. The van der Waals surface area contributed by atoms with Crippen LogP contribution in [0.15, 0.2) is 4.99 Å². The Kier molecular flexibility index (Phi) is 4.26. The molecular weight excluding hydrogens is 242 g/mol. The van der Waals surface area contributed by atoms with Gasteiger partial charge in [0.25, 0.3) is 0 Å². The van der Waals surface area contributed by atoms with Gasteiger partial charge >= 0.3 is 0 Å². The number of aliphatic hydroxyl groups excluding tert-OH is 2. The van der Waals surface area contributed by atoms with Gasteiger partial charge in [0.2, 0.25) is 0 Å². The summed E-state index contributed by atoms with van der Waals surface area (Å²) in [6.07, 6.45) is -2.08. The van der Waals surface area contributed by atoms with Crippen LogP contribution in [0.2, 0.25) is 0 Å². The second-order valence-electron chi connectivity index (χ2n) is 4.15. The van der Waals surface area contributed by atoms with Crippen molar-refractivity contribution in [2.24, 2.45) is 4.99 Å². The number of thioether (sulfide) groups is 1. The summed E-state index contributed by atoms with van der Waals surface area (Å²) in [7, 11) is 1.69. The maximum atomic E-state index is 10.0. The second kappa shape index (κ2) is 5.53. The Bertz CT molecular complexity index is 303. The zero-order chi connectivity index (χ0) is 12.4. The molecule has 0 bridgehead atoms. The molecule has 2 aliphatic heterocycles. The number of fused-ring (bicyclic) bond motifs is 1. The standard InChI is InChI=1S/C10H19N3O3S/c1-3-12-4-5-7(14)8(15)6-9(16-5)17-10(11-2)13-6/h5-9,12,14-15H,3-4H2,1-2H3,(H,11,13)/t5-,6-,7-,8-,9-/m1/s1. The molecule has 2 rings (SSSR count). The van der Waals surface area contributed by atoms with E-state index in [0.29, 0.717) is 6.54 Å². The number of rotatable bonds is 3. The molecule has 0 radical (unpaired) electrons. The lowest BCUT2D eigenvalue weighted by Crippen LogP contribution is -2.60. The number of nitrogens with zero attached hydrogens (tertiary/aromatic N) is 1. The maximum absolute atomic E-state index is 10.0. The smallest absolute Gasteiger partial charge is 0.159 e. The summed E-state index contributed by atoms with van der Waals surface area (Å²) in [5, 5.41) is 26.9. The molecule has 7 heteroatoms. The van der Waals surface area contributed by atoms with E-state index in [-0.39, 0.29) is 17.6 Å². The van der Waals surface area contributed by atoms with Crippen LogP contribution in [0.4, 0.5) is 0 Å². The molecule has 0 saturated carbocycles. The Hall–Kier alpha value is -0.340. The van der Waals surface area contributed by atoms with Gasteiger partial charge in [-0.25, -0.2) is 0 Å². The number of amidine groups is 1. The quantitative estimate of drug-likeness (QED) is 0.507. The molecule has 5 atom stereocenters. The molecule has 2 fully saturated rings. The van der Waals surface area contributed by atoms with Crippen molar-refractivity contribution in [3.8, 4) is 0 Å². The summed E-state index contributed by atoms with van der Waals surface area (Å²) < 4.78 is 5.77. The molecule has 0 aromatic carbocycles. The van der Waals surface area contributed by atoms with Crippen LogP contribution in [0.5, 0.6) is 0 Å². The number of nitrogens with one attached hydrogen (secondary N) is 2. The molecule has 2 aliphatic rings. The Morgan fingerprint density at radius 2 is 2.24 bits per heavy atom. The summed E-state index contributed by atoms with van der Waals surface area (Å²) in [4.78, 5) is 4.04. The molecule has 98 valence electrons. The van der Waals surface area contributed by atoms with Crippen molar-refractivity contribution >= 4 is 16.9 Å². The molecule has 0 aromatic heterocycles. The molecule has 17 heavy (non-hydrogen) atoms. The van der Waals surface area contributed by atoms with Crippen LogP contribution in [0, 0.1) is 0 Å². The van der Waals surface area contributed by atoms with Gasteiger partial charge in [0, 0.05) is 13.6 Å². The van der Waals surface area contributed by atoms with Gasteiger partial charge in [-0.1, -0.05) is 18.7 Å². The van der Waals surface area contributed by atoms with Gasteiger partial charge in [0.1, 0.15) is 23.7 Å². The van der Waals surface area contributed by atoms with Crippen molar-refractivity contribution in [1.82, 2.24) is 10.6 Å². The fourth-order valence-electron chi connectivity index (χ4n) is 2.04. The van der Waals surface area contributed by atoms with E-state index in [1.165, 1.54) is 11.8 Å². The van der Waals surface area contributed by atoms with E-state index in [2.05, 4.69) is 15.6 Å². The zero-order valence-electron chi connectivity index (χ0n) is 9.96. The van der Waals surface area contributed by atoms with Crippen LogP contribution in [0.3, 0.4) is 0 Å². The number of likely N-dealkylation sites (N-methyl/N-ethyl adjacent to an activating group) is 1. The highest BCUT2D eigenvalue weighted by Crippen LogP contribution is 2.33. The molecule has 0 aliphatic carbocycles. The average molecular weight is 261 g/mol. The first-order chi connectivity index (χ1) is 8.17. The van der Waals surface area contributed by atoms with Crippen molar-refractivity contribution in [3.63, 3.8) is 0 Å². The van der Waals surface area contributed by atoms with E-state index in [1.807, 2.05) is 6.92 Å². The molecule has 2 heterocycles. The fraction of sp³-hybridized carbons (Fsp3) is 0.900. The third-order valence-corrected chi connectivity index (χ3v) is 4.18. The van der Waals surface area contributed by atoms with Gasteiger partial charge in [-0.15, -0.1) is 0 Å². The van der Waals surface area contributed by atoms with Crippen LogP contribution in [0.25, 0.3) is 0 Å². The first-order valence-corrected chi connectivity index (χ1v) is 6.67. The number of aliphatic hydroxyl groups is 2. The number of hydrogen-bond acceptors (Lipinski definition) is 6. The third kappa shape index (κ3) is 2.58. The minimum absolute atomic E-state index is 0.184. The normalized spacial score (nSPS) is 43.5. The maximum Gasteiger partial charge on any atom is 0.159 e. The fourth-order valence-corrected chi connectivity index (χ4v) is 3.15. The van der Waals surface area contributed by atoms with Gasteiger partial charge in [-0.2, -0.15) is 0 Å². The monoisotopic (exact) mass is 261 g/mol. The molecule has 4 N–H and O–H groups in total. The van der Waals surface area contributed by atoms with Gasteiger partial charge in [0.05, 0.1) is 6.04 Å². The first kappa shape index (κ1) is 13.1. The van der Waals surface area contributed by atoms with Crippen LogP contribution in [0.1, 0.15) is 6.92 Å². The van der Waals surface area contributed by atoms with E-state index < -0.39 is 12.2 Å². The SMILES string of the molecule is CCNC[C@H]1O[C@@H]2SC(=NC)N[C@@H]2[C@@H](O)[C@@H]1O. The molecule has 0 spiro atoms. The molecule has 2 saturated heterocycles. The molecule has 0 aromatic rings. The summed E-state index contributed by atoms with van der Waals surface area (Å²) in [6, 6.07) is -0.286. The number of hydrogen-bond donors (Lipinski definition) is 4. The van der Waals surface area contributed by atoms with Crippen LogP contribution in [-0.4, -0.2) is 65.3 Å². The summed E-state index contributed by atoms with van der Waals surface area (Å²) in [5.74, 6) is 0. The largest absolute Gasteiger partial charge is 0.388 e. The predicted molar refractivity (Wildman–Crippen MR) is 67.1 cm³/mol. The molecule has 6 nitrogen and oxygen atoms in total. The van der Waals surface area contributed by atoms with Crippen molar-refractivity contribution in [1.29, 1.82) is 0 Å². The molecular formula is C10H19N3O3S. The molecule has 0 amide bonds. The average Bonchev–Trinajstić information content (AvgIpc) is 2.75. The van der Waals surface area contributed by atoms with Crippen LogP contribution < -0.4 is 10.6 Å². The lowest BCUT2D eigenvalue weighted by Gasteiger charge is -2.39. The van der Waals surface area contributed by atoms with Gasteiger partial charge in [-0.3, -0.25) is 4.99 Å². The zero-order valence-corrected chi connectivity index (χ0v) is 10.8. The Morgan fingerprint density at radius 1 is 1.47 bits per heavy atom. The minimum Gasteiger partial charge on any atom is -0.388 e. The van der Waals surface area contributed by atoms with Crippen molar-refractivity contribution in [2.75, 3.05) is 20.1 Å². The minimum atomic E-state index is -0.875. The van der Waals surface area contributed by atoms with Crippen molar-refractivity contribution in [3.05, 3.63) is 0 Å². The summed E-state index contributed by atoms with van der Waals surface area (Å²) in [5.41, 5.74) is -0.184. The first-order valence-electron chi connectivity index (χ1n) is 5.79. The van der Waals surface area contributed by atoms with E-state index in [4.69, 9.17) is 4.74 Å². The highest BCUT2D eigenvalue weighted by molar-refractivity contribution is 8.14. The van der Waals surface area contributed by atoms with Gasteiger partial charge < -0.3 is 25.6 Å². The third-order valence-electron chi connectivity index (χ3n) is 3.02. The second-order valence-corrected chi connectivity index (χ2v) is 5.24. The van der Waals surface area contributed by atoms with Gasteiger partial charge in [0.15, 0.2) is 5.17 Å². The van der Waals surface area contributed by atoms with Crippen molar-refractivity contribution < 1.29 is 14.9 Å². The Labute approximate surface area is 105 Å². The summed E-state index contributed by atoms with van der Waals surface area (Å²) in [6.45, 7) is 3.34. The van der Waals surface area contributed by atoms with E-state index in [9.17, 15) is 10.2 Å². The number of ether oxygens (including phenoxy) is 1. The molecule has 0 unspecified atom stereocenters. The summed E-state index contributed by atoms with van der Waals surface area (Å²) >= 11 is 1.46. The van der Waals surface area contributed by atoms with Gasteiger partial charge in [-0.05, 0) is 6.54 Å². The van der Waals surface area contributed by atoms with E-state index >= 15 is 0 Å². The number of aliphatic imine (C=N–C) groups is 1. The highest BCUT2D eigenvalue weighted by Gasteiger charge is 2.48. The lowest BCUT2D eigenvalue weighted by atomic mass is 9.98. The van der Waals surface area contributed by atoms with E-state index in [1.54, 1.807) is 7.05 Å². The highest BCUT2D eigenvalue weighted by atomic mass is 32.2. The topological polar surface area (TPSA) is 86.1 Å².